The molecule has 1 aromatic rings. The molecule has 0 aliphatic carbocycles. The zero-order chi connectivity index (χ0) is 16.2. The van der Waals surface area contributed by atoms with Gasteiger partial charge in [-0.3, -0.25) is 4.79 Å². The number of carbonyl (C=O) groups is 1. The minimum Gasteiger partial charge on any atom is -0.494 e. The third-order valence-corrected chi connectivity index (χ3v) is 5.52. The number of nitrogens with zero attached hydrogens (tertiary/aromatic N) is 1. The third kappa shape index (κ3) is 4.69. The van der Waals surface area contributed by atoms with Gasteiger partial charge >= 0.3 is 0 Å². The molecule has 0 spiro atoms. The minimum absolute atomic E-state index is 0.0569. The van der Waals surface area contributed by atoms with Crippen molar-refractivity contribution < 1.29 is 22.3 Å². The average Bonchev–Trinajstić information content (AvgIpc) is 2.84. The van der Waals surface area contributed by atoms with Crippen molar-refractivity contribution in [3.63, 3.8) is 0 Å². The van der Waals surface area contributed by atoms with Crippen LogP contribution in [-0.2, 0) is 14.6 Å². The Hall–Kier alpha value is -1.63. The maximum Gasteiger partial charge on any atom is 0.222 e. The molecule has 22 heavy (non-hydrogen) atoms. The molecule has 0 saturated carbocycles. The van der Waals surface area contributed by atoms with Crippen molar-refractivity contribution in [2.45, 2.75) is 25.3 Å². The van der Waals surface area contributed by atoms with Gasteiger partial charge in [-0.1, -0.05) is 0 Å². The molecule has 1 aliphatic heterocycles. The SMILES string of the molecule is CN(C(=O)CCCOc1ccc(F)cc1)[C@@H]1CCS(=O)(=O)C1. The molecule has 0 aromatic heterocycles. The summed E-state index contributed by atoms with van der Waals surface area (Å²) < 4.78 is 41.0. The standard InChI is InChI=1S/C15H20FNO4S/c1-17(13-8-10-22(19,20)11-13)15(18)3-2-9-21-14-6-4-12(16)5-7-14/h4-7,13H,2-3,8-11H2,1H3/t13-/m1/s1. The normalized spacial score (nSPS) is 19.8. The Morgan fingerprint density at radius 2 is 2.05 bits per heavy atom. The van der Waals surface area contributed by atoms with E-state index in [9.17, 15) is 17.6 Å². The number of benzene rings is 1. The molecule has 7 heteroatoms. The van der Waals surface area contributed by atoms with Gasteiger partial charge in [0.15, 0.2) is 9.84 Å². The van der Waals surface area contributed by atoms with E-state index in [0.717, 1.165) is 0 Å². The second-order valence-corrected chi connectivity index (χ2v) is 7.70. The van der Waals surface area contributed by atoms with Crippen molar-refractivity contribution in [2.24, 2.45) is 0 Å². The molecule has 122 valence electrons. The maximum absolute atomic E-state index is 12.7. The lowest BCUT2D eigenvalue weighted by Crippen LogP contribution is -2.37. The van der Waals surface area contributed by atoms with Crippen LogP contribution in [0.3, 0.4) is 0 Å². The van der Waals surface area contributed by atoms with Gasteiger partial charge in [-0.25, -0.2) is 12.8 Å². The largest absolute Gasteiger partial charge is 0.494 e. The number of halogens is 1. The fourth-order valence-electron chi connectivity index (χ4n) is 2.41. The van der Waals surface area contributed by atoms with E-state index in [1.54, 1.807) is 7.05 Å². The van der Waals surface area contributed by atoms with Gasteiger partial charge in [0.05, 0.1) is 18.1 Å². The lowest BCUT2D eigenvalue weighted by molar-refractivity contribution is -0.131. The number of rotatable bonds is 6. The predicted octanol–water partition coefficient (Wildman–Crippen LogP) is 1.63. The van der Waals surface area contributed by atoms with Gasteiger partial charge in [0, 0.05) is 19.5 Å². The van der Waals surface area contributed by atoms with Gasteiger partial charge < -0.3 is 9.64 Å². The van der Waals surface area contributed by atoms with E-state index < -0.39 is 9.84 Å². The van der Waals surface area contributed by atoms with Crippen LogP contribution < -0.4 is 4.74 Å². The molecule has 1 aliphatic rings. The number of sulfone groups is 1. The number of ether oxygens (including phenoxy) is 1. The van der Waals surface area contributed by atoms with Crippen molar-refractivity contribution in [3.05, 3.63) is 30.1 Å². The highest BCUT2D eigenvalue weighted by Gasteiger charge is 2.32. The highest BCUT2D eigenvalue weighted by Crippen LogP contribution is 2.17. The molecular formula is C15H20FNO4S. The van der Waals surface area contributed by atoms with Crippen LogP contribution in [0.15, 0.2) is 24.3 Å². The van der Waals surface area contributed by atoms with Gasteiger partial charge in [-0.2, -0.15) is 0 Å². The van der Waals surface area contributed by atoms with Crippen molar-refractivity contribution >= 4 is 15.7 Å². The quantitative estimate of drug-likeness (QED) is 0.744. The molecule has 2 rings (SSSR count). The highest BCUT2D eigenvalue weighted by molar-refractivity contribution is 7.91. The minimum atomic E-state index is -2.99. The summed E-state index contributed by atoms with van der Waals surface area (Å²) in [5.41, 5.74) is 0. The summed E-state index contributed by atoms with van der Waals surface area (Å²) in [6, 6.07) is 5.48. The molecule has 1 heterocycles. The monoisotopic (exact) mass is 329 g/mol. The molecule has 1 amide bonds. The van der Waals surface area contributed by atoms with Crippen LogP contribution >= 0.6 is 0 Å². The summed E-state index contributed by atoms with van der Waals surface area (Å²) in [4.78, 5) is 13.6. The first kappa shape index (κ1) is 16.7. The maximum atomic E-state index is 12.7. The number of carbonyl (C=O) groups excluding carboxylic acids is 1. The first-order valence-electron chi connectivity index (χ1n) is 7.22. The van der Waals surface area contributed by atoms with E-state index in [2.05, 4.69) is 0 Å². The van der Waals surface area contributed by atoms with E-state index in [1.807, 2.05) is 0 Å². The zero-order valence-corrected chi connectivity index (χ0v) is 13.3. The first-order chi connectivity index (χ1) is 10.4. The summed E-state index contributed by atoms with van der Waals surface area (Å²) >= 11 is 0. The van der Waals surface area contributed by atoms with Crippen molar-refractivity contribution in [2.75, 3.05) is 25.2 Å². The molecule has 5 nitrogen and oxygen atoms in total. The molecule has 0 N–H and O–H groups in total. The molecule has 0 radical (unpaired) electrons. The smallest absolute Gasteiger partial charge is 0.222 e. The lowest BCUT2D eigenvalue weighted by atomic mass is 10.2. The van der Waals surface area contributed by atoms with Gasteiger partial charge in [-0.05, 0) is 37.1 Å². The second kappa shape index (κ2) is 7.09. The Morgan fingerprint density at radius 1 is 1.36 bits per heavy atom. The van der Waals surface area contributed by atoms with E-state index in [0.29, 0.717) is 31.6 Å². The Morgan fingerprint density at radius 3 is 2.64 bits per heavy atom. The van der Waals surface area contributed by atoms with Crippen molar-refractivity contribution in [1.29, 1.82) is 0 Å². The van der Waals surface area contributed by atoms with E-state index in [-0.39, 0.29) is 29.3 Å². The molecule has 0 unspecified atom stereocenters. The number of hydrogen-bond donors (Lipinski definition) is 0. The summed E-state index contributed by atoms with van der Waals surface area (Å²) in [6.07, 6.45) is 1.34. The van der Waals surface area contributed by atoms with Crippen LogP contribution in [0.2, 0.25) is 0 Å². The van der Waals surface area contributed by atoms with Crippen LogP contribution in [0.1, 0.15) is 19.3 Å². The van der Waals surface area contributed by atoms with Crippen molar-refractivity contribution in [1.82, 2.24) is 4.90 Å². The number of hydrogen-bond acceptors (Lipinski definition) is 4. The van der Waals surface area contributed by atoms with E-state index in [1.165, 1.54) is 29.2 Å². The number of amides is 1. The summed E-state index contributed by atoms with van der Waals surface area (Å²) in [6.45, 7) is 0.355. The lowest BCUT2D eigenvalue weighted by Gasteiger charge is -2.23. The molecule has 1 fully saturated rings. The van der Waals surface area contributed by atoms with Gasteiger partial charge in [0.2, 0.25) is 5.91 Å². The first-order valence-corrected chi connectivity index (χ1v) is 9.04. The Balaban J connectivity index is 1.70. The molecule has 1 saturated heterocycles. The third-order valence-electron chi connectivity index (χ3n) is 3.77. The summed E-state index contributed by atoms with van der Waals surface area (Å²) in [5, 5.41) is 0. The Labute approximate surface area is 130 Å². The van der Waals surface area contributed by atoms with Crippen LogP contribution in [0.5, 0.6) is 5.75 Å². The molecule has 1 aromatic carbocycles. The van der Waals surface area contributed by atoms with Gasteiger partial charge in [0.1, 0.15) is 11.6 Å². The topological polar surface area (TPSA) is 63.7 Å². The summed E-state index contributed by atoms with van der Waals surface area (Å²) in [5.74, 6) is 0.370. The van der Waals surface area contributed by atoms with E-state index >= 15 is 0 Å². The highest BCUT2D eigenvalue weighted by atomic mass is 32.2. The van der Waals surface area contributed by atoms with Crippen LogP contribution in [0.4, 0.5) is 4.39 Å². The second-order valence-electron chi connectivity index (χ2n) is 5.47. The van der Waals surface area contributed by atoms with E-state index in [4.69, 9.17) is 4.74 Å². The molecule has 0 bridgehead atoms. The van der Waals surface area contributed by atoms with Crippen LogP contribution in [0, 0.1) is 5.82 Å². The predicted molar refractivity (Wildman–Crippen MR) is 81.0 cm³/mol. The fraction of sp³-hybridized carbons (Fsp3) is 0.533. The summed E-state index contributed by atoms with van der Waals surface area (Å²) in [7, 11) is -1.34. The average molecular weight is 329 g/mol. The van der Waals surface area contributed by atoms with Crippen molar-refractivity contribution in [3.8, 4) is 5.75 Å². The molecular weight excluding hydrogens is 309 g/mol. The molecule has 1 atom stereocenters. The van der Waals surface area contributed by atoms with Crippen LogP contribution in [0.25, 0.3) is 0 Å². The fourth-order valence-corrected chi connectivity index (χ4v) is 4.18. The Bertz CT molecular complexity index is 615. The zero-order valence-electron chi connectivity index (χ0n) is 12.5. The van der Waals surface area contributed by atoms with Crippen LogP contribution in [-0.4, -0.2) is 50.4 Å². The van der Waals surface area contributed by atoms with Gasteiger partial charge in [-0.15, -0.1) is 0 Å². The Kier molecular flexibility index (Phi) is 5.39. The van der Waals surface area contributed by atoms with Gasteiger partial charge in [0.25, 0.3) is 0 Å².